The first-order valence-electron chi connectivity index (χ1n) is 5.42. The molecule has 16 heavy (non-hydrogen) atoms. The molecule has 0 amide bonds. The van der Waals surface area contributed by atoms with Crippen molar-refractivity contribution in [1.29, 1.82) is 0 Å². The maximum atomic E-state index is 9.35. The molecule has 82 valence electrons. The number of aromatic nitrogens is 3. The van der Waals surface area contributed by atoms with E-state index < -0.39 is 0 Å². The number of aliphatic hydroxyl groups excluding tert-OH is 1. The van der Waals surface area contributed by atoms with Gasteiger partial charge in [0.25, 0.3) is 0 Å². The van der Waals surface area contributed by atoms with Crippen LogP contribution in [0.25, 0.3) is 11.3 Å². The van der Waals surface area contributed by atoms with Crippen molar-refractivity contribution in [2.75, 3.05) is 6.61 Å². The average molecular weight is 215 g/mol. The molecule has 0 aromatic carbocycles. The molecule has 0 aliphatic heterocycles. The van der Waals surface area contributed by atoms with Gasteiger partial charge in [0.1, 0.15) is 5.82 Å². The van der Waals surface area contributed by atoms with E-state index in [0.717, 1.165) is 29.9 Å². The number of hydrogen-bond acceptors (Lipinski definition) is 3. The van der Waals surface area contributed by atoms with E-state index in [0.29, 0.717) is 0 Å². The van der Waals surface area contributed by atoms with E-state index in [1.165, 1.54) is 0 Å². The van der Waals surface area contributed by atoms with Crippen molar-refractivity contribution >= 4 is 0 Å². The highest BCUT2D eigenvalue weighted by atomic mass is 16.3. The van der Waals surface area contributed by atoms with Gasteiger partial charge in [0.05, 0.1) is 17.7 Å². The summed E-state index contributed by atoms with van der Waals surface area (Å²) < 4.78 is 0. The number of aromatic amines is 1. The molecule has 2 aromatic rings. The van der Waals surface area contributed by atoms with Crippen molar-refractivity contribution in [2.45, 2.75) is 18.3 Å². The Bertz CT molecular complexity index is 489. The molecule has 0 atom stereocenters. The molecule has 2 aromatic heterocycles. The quantitative estimate of drug-likeness (QED) is 0.815. The van der Waals surface area contributed by atoms with E-state index >= 15 is 0 Å². The molecule has 1 aliphatic carbocycles. The van der Waals surface area contributed by atoms with Crippen molar-refractivity contribution in [2.24, 2.45) is 0 Å². The van der Waals surface area contributed by atoms with Gasteiger partial charge in [-0.25, -0.2) is 9.97 Å². The minimum absolute atomic E-state index is 0.142. The molecule has 0 bridgehead atoms. The van der Waals surface area contributed by atoms with Gasteiger partial charge in [-0.3, -0.25) is 0 Å². The predicted octanol–water partition coefficient (Wildman–Crippen LogP) is 1.50. The second kappa shape index (κ2) is 3.42. The van der Waals surface area contributed by atoms with Gasteiger partial charge in [0.2, 0.25) is 0 Å². The Hall–Kier alpha value is -1.68. The monoisotopic (exact) mass is 215 g/mol. The SMILES string of the molecule is OCC1(c2nccc(-c3cc[nH]c3)n2)CC1. The minimum atomic E-state index is -0.160. The van der Waals surface area contributed by atoms with Crippen LogP contribution in [-0.4, -0.2) is 26.7 Å². The van der Waals surface area contributed by atoms with Crippen LogP contribution in [-0.2, 0) is 5.41 Å². The average Bonchev–Trinajstić information content (AvgIpc) is 2.95. The normalized spacial score (nSPS) is 17.3. The molecule has 0 radical (unpaired) electrons. The fourth-order valence-corrected chi connectivity index (χ4v) is 1.86. The van der Waals surface area contributed by atoms with Crippen LogP contribution in [0.1, 0.15) is 18.7 Å². The first kappa shape index (κ1) is 9.54. The summed E-state index contributed by atoms with van der Waals surface area (Å²) in [5, 5.41) is 9.35. The first-order valence-corrected chi connectivity index (χ1v) is 5.42. The molecular formula is C12H13N3O. The Balaban J connectivity index is 2.01. The van der Waals surface area contributed by atoms with Gasteiger partial charge in [-0.1, -0.05) is 0 Å². The number of rotatable bonds is 3. The van der Waals surface area contributed by atoms with Crippen molar-refractivity contribution in [3.05, 3.63) is 36.5 Å². The summed E-state index contributed by atoms with van der Waals surface area (Å²) in [6.07, 6.45) is 7.52. The summed E-state index contributed by atoms with van der Waals surface area (Å²) in [4.78, 5) is 11.8. The van der Waals surface area contributed by atoms with Crippen molar-refractivity contribution in [3.63, 3.8) is 0 Å². The standard InChI is InChI=1S/C12H13N3O/c16-8-12(3-4-12)11-14-6-2-10(15-11)9-1-5-13-7-9/h1-2,5-7,13,16H,3-4,8H2. The molecule has 4 heteroatoms. The highest BCUT2D eigenvalue weighted by Crippen LogP contribution is 2.46. The number of H-pyrrole nitrogens is 1. The van der Waals surface area contributed by atoms with Gasteiger partial charge >= 0.3 is 0 Å². The van der Waals surface area contributed by atoms with Crippen LogP contribution < -0.4 is 0 Å². The van der Waals surface area contributed by atoms with E-state index in [1.54, 1.807) is 6.20 Å². The summed E-state index contributed by atoms with van der Waals surface area (Å²) in [6, 6.07) is 3.87. The maximum Gasteiger partial charge on any atom is 0.137 e. The molecule has 1 aliphatic rings. The lowest BCUT2D eigenvalue weighted by atomic mass is 10.1. The second-order valence-corrected chi connectivity index (χ2v) is 4.30. The summed E-state index contributed by atoms with van der Waals surface area (Å²) in [5.74, 6) is 0.772. The van der Waals surface area contributed by atoms with Crippen LogP contribution in [0, 0.1) is 0 Å². The topological polar surface area (TPSA) is 61.8 Å². The molecule has 2 heterocycles. The molecule has 0 spiro atoms. The third-order valence-corrected chi connectivity index (χ3v) is 3.18. The van der Waals surface area contributed by atoms with E-state index in [4.69, 9.17) is 0 Å². The number of hydrogen-bond donors (Lipinski definition) is 2. The fraction of sp³-hybridized carbons (Fsp3) is 0.333. The van der Waals surface area contributed by atoms with Crippen LogP contribution in [0.3, 0.4) is 0 Å². The molecule has 3 rings (SSSR count). The van der Waals surface area contributed by atoms with Crippen LogP contribution in [0.2, 0.25) is 0 Å². The Morgan fingerprint density at radius 2 is 2.25 bits per heavy atom. The van der Waals surface area contributed by atoms with Crippen molar-refractivity contribution < 1.29 is 5.11 Å². The zero-order valence-corrected chi connectivity index (χ0v) is 8.85. The molecule has 0 unspecified atom stereocenters. The smallest absolute Gasteiger partial charge is 0.137 e. The third kappa shape index (κ3) is 1.42. The largest absolute Gasteiger partial charge is 0.395 e. The van der Waals surface area contributed by atoms with E-state index in [-0.39, 0.29) is 12.0 Å². The molecule has 4 nitrogen and oxygen atoms in total. The Morgan fingerprint density at radius 1 is 1.38 bits per heavy atom. The van der Waals surface area contributed by atoms with Crippen LogP contribution in [0.4, 0.5) is 0 Å². The van der Waals surface area contributed by atoms with E-state index in [9.17, 15) is 5.11 Å². The second-order valence-electron chi connectivity index (χ2n) is 4.30. The van der Waals surface area contributed by atoms with Crippen LogP contribution >= 0.6 is 0 Å². The van der Waals surface area contributed by atoms with E-state index in [2.05, 4.69) is 15.0 Å². The highest BCUT2D eigenvalue weighted by Gasteiger charge is 2.46. The molecule has 2 N–H and O–H groups in total. The Kier molecular flexibility index (Phi) is 2.04. The minimum Gasteiger partial charge on any atom is -0.395 e. The fourth-order valence-electron chi connectivity index (χ4n) is 1.86. The predicted molar refractivity (Wildman–Crippen MR) is 59.8 cm³/mol. The van der Waals surface area contributed by atoms with Crippen molar-refractivity contribution in [1.82, 2.24) is 15.0 Å². The Morgan fingerprint density at radius 3 is 2.88 bits per heavy atom. The number of aliphatic hydroxyl groups is 1. The third-order valence-electron chi connectivity index (χ3n) is 3.18. The summed E-state index contributed by atoms with van der Waals surface area (Å²) in [7, 11) is 0. The van der Waals surface area contributed by atoms with Gasteiger partial charge in [0, 0.05) is 24.2 Å². The molecule has 1 saturated carbocycles. The summed E-state index contributed by atoms with van der Waals surface area (Å²) >= 11 is 0. The van der Waals surface area contributed by atoms with Crippen LogP contribution in [0.15, 0.2) is 30.7 Å². The number of nitrogens with one attached hydrogen (secondary N) is 1. The maximum absolute atomic E-state index is 9.35. The molecule has 0 saturated heterocycles. The van der Waals surface area contributed by atoms with Gasteiger partial charge in [-0.2, -0.15) is 0 Å². The van der Waals surface area contributed by atoms with Gasteiger partial charge in [-0.05, 0) is 25.0 Å². The molecular weight excluding hydrogens is 202 g/mol. The van der Waals surface area contributed by atoms with Gasteiger partial charge < -0.3 is 10.1 Å². The first-order chi connectivity index (χ1) is 7.84. The zero-order valence-electron chi connectivity index (χ0n) is 8.85. The highest BCUT2D eigenvalue weighted by molar-refractivity contribution is 5.57. The van der Waals surface area contributed by atoms with Gasteiger partial charge in [-0.15, -0.1) is 0 Å². The van der Waals surface area contributed by atoms with Crippen molar-refractivity contribution in [3.8, 4) is 11.3 Å². The lowest BCUT2D eigenvalue weighted by molar-refractivity contribution is 0.250. The molecule has 1 fully saturated rings. The van der Waals surface area contributed by atoms with Gasteiger partial charge in [0.15, 0.2) is 0 Å². The lowest BCUT2D eigenvalue weighted by Gasteiger charge is -2.10. The number of nitrogens with zero attached hydrogens (tertiary/aromatic N) is 2. The zero-order chi connectivity index (χ0) is 11.0. The van der Waals surface area contributed by atoms with Crippen LogP contribution in [0.5, 0.6) is 0 Å². The lowest BCUT2D eigenvalue weighted by Crippen LogP contribution is -2.16. The van der Waals surface area contributed by atoms with E-state index in [1.807, 2.05) is 24.5 Å². The Labute approximate surface area is 93.4 Å². The summed E-state index contributed by atoms with van der Waals surface area (Å²) in [5.41, 5.74) is 1.80. The summed E-state index contributed by atoms with van der Waals surface area (Å²) in [6.45, 7) is 0.142.